The number of hydrogen-bond acceptors (Lipinski definition) is 3. The van der Waals surface area contributed by atoms with E-state index in [1.165, 1.54) is 77.0 Å². The molecule has 3 heteroatoms. The van der Waals surface area contributed by atoms with Gasteiger partial charge in [-0.25, -0.2) is 0 Å². The van der Waals surface area contributed by atoms with Crippen LogP contribution in [0.15, 0.2) is 0 Å². The van der Waals surface area contributed by atoms with Crippen molar-refractivity contribution in [2.45, 2.75) is 140 Å². The summed E-state index contributed by atoms with van der Waals surface area (Å²) < 4.78 is 6.49. The number of rotatable bonds is 13. The molecule has 4 unspecified atom stereocenters. The van der Waals surface area contributed by atoms with Crippen LogP contribution in [0.2, 0.25) is 0 Å². The maximum absolute atomic E-state index is 12.8. The first kappa shape index (κ1) is 24.3. The Kier molecular flexibility index (Phi) is 10.9. The second-order valence-electron chi connectivity index (χ2n) is 10.0. The summed E-state index contributed by atoms with van der Waals surface area (Å²) in [6.45, 7) is 9.26. The fourth-order valence-corrected chi connectivity index (χ4v) is 6.49. The molecule has 0 amide bonds. The third kappa shape index (κ3) is 8.01. The van der Waals surface area contributed by atoms with Gasteiger partial charge in [0.1, 0.15) is 0 Å². The zero-order chi connectivity index (χ0) is 20.4. The lowest BCUT2D eigenvalue weighted by atomic mass is 9.75. The molecule has 0 aromatic rings. The van der Waals surface area contributed by atoms with Gasteiger partial charge in [-0.05, 0) is 31.1 Å². The lowest BCUT2D eigenvalue weighted by Crippen LogP contribution is -2.50. The number of Topliss-reactive ketones (excluding diaryl/α,β-unsaturated/α-hetero) is 1. The Morgan fingerprint density at radius 2 is 1.50 bits per heavy atom. The predicted molar refractivity (Wildman–Crippen MR) is 123 cm³/mol. The third-order valence-corrected chi connectivity index (χ3v) is 8.44. The van der Waals surface area contributed by atoms with E-state index in [9.17, 15) is 4.79 Å². The van der Waals surface area contributed by atoms with E-state index < -0.39 is 0 Å². The second-order valence-corrected chi connectivity index (χ2v) is 11.7. The van der Waals surface area contributed by atoms with Crippen LogP contribution in [-0.4, -0.2) is 22.1 Å². The van der Waals surface area contributed by atoms with E-state index in [1.807, 2.05) is 0 Å². The van der Waals surface area contributed by atoms with Crippen LogP contribution in [0.5, 0.6) is 0 Å². The average Bonchev–Trinajstić information content (AvgIpc) is 2.64. The van der Waals surface area contributed by atoms with E-state index in [4.69, 9.17) is 4.74 Å². The van der Waals surface area contributed by atoms with Crippen molar-refractivity contribution in [3.8, 4) is 0 Å². The number of fused-ring (bicyclic) bond motifs is 1. The normalized spacial score (nSPS) is 29.4. The van der Waals surface area contributed by atoms with E-state index in [0.29, 0.717) is 24.2 Å². The zero-order valence-electron chi connectivity index (χ0n) is 19.1. The number of ketones is 1. The number of unbranched alkanes of at least 4 members (excludes halogenated alkanes) is 10. The van der Waals surface area contributed by atoms with Crippen molar-refractivity contribution in [2.75, 3.05) is 0 Å². The van der Waals surface area contributed by atoms with Crippen molar-refractivity contribution in [2.24, 2.45) is 11.8 Å². The van der Waals surface area contributed by atoms with Crippen molar-refractivity contribution >= 4 is 17.5 Å². The zero-order valence-corrected chi connectivity index (χ0v) is 20.0. The summed E-state index contributed by atoms with van der Waals surface area (Å²) in [6, 6.07) is 0. The highest BCUT2D eigenvalue weighted by molar-refractivity contribution is 8.01. The molecule has 0 radical (unpaired) electrons. The van der Waals surface area contributed by atoms with Crippen LogP contribution in [0.3, 0.4) is 0 Å². The van der Waals surface area contributed by atoms with Gasteiger partial charge in [-0.2, -0.15) is 0 Å². The Labute approximate surface area is 179 Å². The van der Waals surface area contributed by atoms with E-state index in [1.54, 1.807) is 11.8 Å². The van der Waals surface area contributed by atoms with E-state index in [2.05, 4.69) is 27.7 Å². The van der Waals surface area contributed by atoms with Gasteiger partial charge in [-0.3, -0.25) is 4.79 Å². The van der Waals surface area contributed by atoms with Crippen molar-refractivity contribution in [3.63, 3.8) is 0 Å². The molecule has 164 valence electrons. The summed E-state index contributed by atoms with van der Waals surface area (Å²) in [7, 11) is 0. The molecule has 2 nitrogen and oxygen atoms in total. The molecule has 0 spiro atoms. The minimum Gasteiger partial charge on any atom is -0.356 e. The van der Waals surface area contributed by atoms with E-state index in [0.717, 1.165) is 18.8 Å². The molecule has 0 bridgehead atoms. The minimum atomic E-state index is -0.218. The highest BCUT2D eigenvalue weighted by Gasteiger charge is 2.47. The first-order valence-corrected chi connectivity index (χ1v) is 13.2. The van der Waals surface area contributed by atoms with Crippen LogP contribution in [0.4, 0.5) is 0 Å². The summed E-state index contributed by atoms with van der Waals surface area (Å²) in [5, 5.41) is 0. The molecule has 28 heavy (non-hydrogen) atoms. The molecule has 1 aliphatic carbocycles. The van der Waals surface area contributed by atoms with Gasteiger partial charge in [0.2, 0.25) is 0 Å². The summed E-state index contributed by atoms with van der Waals surface area (Å²) in [6.07, 6.45) is 19.3. The van der Waals surface area contributed by atoms with Crippen LogP contribution in [-0.2, 0) is 9.53 Å². The Morgan fingerprint density at radius 1 is 0.929 bits per heavy atom. The first-order chi connectivity index (χ1) is 13.4. The maximum Gasteiger partial charge on any atom is 0.171 e. The van der Waals surface area contributed by atoms with Gasteiger partial charge < -0.3 is 4.74 Å². The van der Waals surface area contributed by atoms with Crippen molar-refractivity contribution < 1.29 is 9.53 Å². The summed E-state index contributed by atoms with van der Waals surface area (Å²) in [5.41, 5.74) is -0.218. The molecule has 1 saturated heterocycles. The van der Waals surface area contributed by atoms with Crippen LogP contribution < -0.4 is 0 Å². The summed E-state index contributed by atoms with van der Waals surface area (Å²) in [4.78, 5) is 12.8. The Balaban J connectivity index is 1.56. The number of carbonyl (C=O) groups is 1. The molecular formula is C25H46O2S. The molecule has 0 aromatic carbocycles. The number of carbonyl (C=O) groups excluding carboxylic acids is 1. The summed E-state index contributed by atoms with van der Waals surface area (Å²) in [5.74, 6) is 1.69. The highest BCUT2D eigenvalue weighted by Crippen LogP contribution is 2.50. The van der Waals surface area contributed by atoms with Gasteiger partial charge in [0.25, 0.3) is 0 Å². The quantitative estimate of drug-likeness (QED) is 0.288. The van der Waals surface area contributed by atoms with Crippen LogP contribution in [0.1, 0.15) is 124 Å². The average molecular weight is 411 g/mol. The summed E-state index contributed by atoms with van der Waals surface area (Å²) >= 11 is 1.79. The van der Waals surface area contributed by atoms with Crippen LogP contribution >= 0.6 is 11.8 Å². The van der Waals surface area contributed by atoms with Gasteiger partial charge in [0.15, 0.2) is 11.2 Å². The van der Waals surface area contributed by atoms with Crippen LogP contribution in [0.25, 0.3) is 0 Å². The lowest BCUT2D eigenvalue weighted by molar-refractivity contribution is -0.134. The fourth-order valence-electron chi connectivity index (χ4n) is 5.05. The monoisotopic (exact) mass is 410 g/mol. The van der Waals surface area contributed by atoms with Gasteiger partial charge in [-0.15, -0.1) is 11.8 Å². The molecule has 0 N–H and O–H groups in total. The molecule has 0 aromatic heterocycles. The molecular weight excluding hydrogens is 364 g/mol. The SMILES string of the molecule is CCCCCCCCCCCCCC(=O)C1OC2CC(C)CCC2C(C)(C)S1. The van der Waals surface area contributed by atoms with E-state index >= 15 is 0 Å². The van der Waals surface area contributed by atoms with Gasteiger partial charge in [-0.1, -0.05) is 98.3 Å². The molecule has 2 rings (SSSR count). The third-order valence-electron chi connectivity index (χ3n) is 6.95. The van der Waals surface area contributed by atoms with Gasteiger partial charge in [0.05, 0.1) is 6.10 Å². The minimum absolute atomic E-state index is 0.167. The largest absolute Gasteiger partial charge is 0.356 e. The van der Waals surface area contributed by atoms with Crippen molar-refractivity contribution in [1.82, 2.24) is 0 Å². The molecule has 1 heterocycles. The Morgan fingerprint density at radius 3 is 2.11 bits per heavy atom. The smallest absolute Gasteiger partial charge is 0.171 e. The predicted octanol–water partition coefficient (Wildman–Crippen LogP) is 7.93. The molecule has 1 saturated carbocycles. The van der Waals surface area contributed by atoms with E-state index in [-0.39, 0.29) is 10.2 Å². The molecule has 2 fully saturated rings. The first-order valence-electron chi connectivity index (χ1n) is 12.3. The molecule has 2 aliphatic rings. The maximum atomic E-state index is 12.8. The fraction of sp³-hybridized carbons (Fsp3) is 0.960. The van der Waals surface area contributed by atoms with Crippen molar-refractivity contribution in [3.05, 3.63) is 0 Å². The second kappa shape index (κ2) is 12.6. The lowest BCUT2D eigenvalue weighted by Gasteiger charge is -2.49. The Bertz CT molecular complexity index is 448. The number of ether oxygens (including phenoxy) is 1. The number of thioether (sulfide) groups is 1. The highest BCUT2D eigenvalue weighted by atomic mass is 32.2. The van der Waals surface area contributed by atoms with Crippen LogP contribution in [0, 0.1) is 11.8 Å². The topological polar surface area (TPSA) is 26.3 Å². The van der Waals surface area contributed by atoms with Gasteiger partial charge in [0, 0.05) is 11.2 Å². The van der Waals surface area contributed by atoms with Crippen molar-refractivity contribution in [1.29, 1.82) is 0 Å². The molecule has 1 aliphatic heterocycles. The van der Waals surface area contributed by atoms with Gasteiger partial charge >= 0.3 is 0 Å². The standard InChI is InChI=1S/C25H46O2S/c1-5-6-7-8-9-10-11-12-13-14-15-16-22(26)24-27-23-19-20(2)17-18-21(23)25(3,4)28-24/h20-21,23-24H,5-19H2,1-4H3. The Hall–Kier alpha value is -0.0200. The molecule has 4 atom stereocenters. The number of hydrogen-bond donors (Lipinski definition) is 0.